The molecule has 53 valence electrons. The zero-order valence-corrected chi connectivity index (χ0v) is 8.59. The molecule has 0 aliphatic rings. The van der Waals surface area contributed by atoms with Crippen molar-refractivity contribution in [2.75, 3.05) is 11.9 Å². The molecule has 2 heteroatoms. The smallest absolute Gasteiger partial charge is 0.0340 e. The number of nitrogens with one attached hydrogen (secondary N) is 1. The Morgan fingerprint density at radius 2 is 1.80 bits per heavy atom. The Morgan fingerprint density at radius 1 is 1.20 bits per heavy atom. The second-order valence-corrected chi connectivity index (χ2v) is 1.90. The monoisotopic (exact) mass is 242 g/mol. The molecule has 0 bridgehead atoms. The van der Waals surface area contributed by atoms with Crippen LogP contribution in [0.4, 0.5) is 5.69 Å². The third kappa shape index (κ3) is 3.12. The largest absolute Gasteiger partial charge is 0.385 e. The molecule has 3 radical (unpaired) electrons. The molecule has 1 N–H and O–H groups in total. The van der Waals surface area contributed by atoms with Crippen molar-refractivity contribution < 1.29 is 0 Å². The van der Waals surface area contributed by atoms with E-state index in [4.69, 9.17) is 0 Å². The third-order valence-electron chi connectivity index (χ3n) is 1.15. The van der Waals surface area contributed by atoms with Crippen LogP contribution in [0, 0.1) is 0 Å². The van der Waals surface area contributed by atoms with Crippen LogP contribution in [0.25, 0.3) is 0 Å². The van der Waals surface area contributed by atoms with Crippen molar-refractivity contribution in [1.82, 2.24) is 0 Å². The summed E-state index contributed by atoms with van der Waals surface area (Å²) in [5, 5.41) is 3.21. The van der Waals surface area contributed by atoms with Crippen molar-refractivity contribution in [1.29, 1.82) is 0 Å². The molecule has 0 saturated carbocycles. The van der Waals surface area contributed by atoms with Gasteiger partial charge in [-0.2, -0.15) is 0 Å². The van der Waals surface area contributed by atoms with Gasteiger partial charge in [-0.15, -0.1) is 0 Å². The van der Waals surface area contributed by atoms with E-state index in [0.717, 1.165) is 6.54 Å². The summed E-state index contributed by atoms with van der Waals surface area (Å²) in [6.07, 6.45) is 0. The van der Waals surface area contributed by atoms with Gasteiger partial charge in [-0.25, -0.2) is 0 Å². The second kappa shape index (κ2) is 5.61. The minimum atomic E-state index is 0. The summed E-state index contributed by atoms with van der Waals surface area (Å²) in [5.41, 5.74) is 1.19. The Labute approximate surface area is 79.3 Å². The average Bonchev–Trinajstić information content (AvgIpc) is 1.91. The Bertz CT molecular complexity index is 162. The first-order valence-corrected chi connectivity index (χ1v) is 3.22. The maximum absolute atomic E-state index is 3.21. The van der Waals surface area contributed by atoms with Crippen LogP contribution in [-0.4, -0.2) is 31.0 Å². The minimum Gasteiger partial charge on any atom is -0.385 e. The molecule has 1 aromatic rings. The van der Waals surface area contributed by atoms with Crippen LogP contribution < -0.4 is 5.32 Å². The summed E-state index contributed by atoms with van der Waals surface area (Å²) in [6, 6.07) is 10.2. The quantitative estimate of drug-likeness (QED) is 0.780. The van der Waals surface area contributed by atoms with Crippen molar-refractivity contribution >= 4 is 30.1 Å². The van der Waals surface area contributed by atoms with Gasteiger partial charge in [0.15, 0.2) is 0 Å². The molecule has 10 heavy (non-hydrogen) atoms. The zero-order chi connectivity index (χ0) is 6.53. The van der Waals surface area contributed by atoms with Gasteiger partial charge in [0.1, 0.15) is 0 Å². The summed E-state index contributed by atoms with van der Waals surface area (Å²) in [4.78, 5) is 0. The molecule has 1 nitrogen and oxygen atoms in total. The van der Waals surface area contributed by atoms with Crippen LogP contribution >= 0.6 is 0 Å². The van der Waals surface area contributed by atoms with Crippen LogP contribution in [0.15, 0.2) is 30.3 Å². The van der Waals surface area contributed by atoms with E-state index in [1.54, 1.807) is 0 Å². The summed E-state index contributed by atoms with van der Waals surface area (Å²) < 4.78 is 0. The normalized spacial score (nSPS) is 8.10. The van der Waals surface area contributed by atoms with Crippen LogP contribution in [0.2, 0.25) is 0 Å². The minimum absolute atomic E-state index is 0. The Balaban J connectivity index is 0.000000810. The van der Waals surface area contributed by atoms with Gasteiger partial charge in [-0.1, -0.05) is 18.2 Å². The van der Waals surface area contributed by atoms with E-state index in [-0.39, 0.29) is 24.4 Å². The molecule has 0 aliphatic heterocycles. The fourth-order valence-corrected chi connectivity index (χ4v) is 0.760. The summed E-state index contributed by atoms with van der Waals surface area (Å²) >= 11 is 0. The Morgan fingerprint density at radius 3 is 2.30 bits per heavy atom. The second-order valence-electron chi connectivity index (χ2n) is 1.90. The van der Waals surface area contributed by atoms with Gasteiger partial charge < -0.3 is 5.32 Å². The molecule has 0 aromatic heterocycles. The first kappa shape index (κ1) is 9.84. The molecule has 0 unspecified atom stereocenters. The standard InChI is InChI=1S/C8H11N.Sb/c1-2-9-8-6-4-3-5-7-8;/h3-7,9H,2H2,1H3;. The van der Waals surface area contributed by atoms with E-state index in [1.807, 2.05) is 18.2 Å². The summed E-state index contributed by atoms with van der Waals surface area (Å²) in [6.45, 7) is 3.08. The van der Waals surface area contributed by atoms with Gasteiger partial charge in [0, 0.05) is 36.7 Å². The topological polar surface area (TPSA) is 12.0 Å². The number of anilines is 1. The zero-order valence-electron chi connectivity index (χ0n) is 6.04. The van der Waals surface area contributed by atoms with E-state index in [2.05, 4.69) is 24.4 Å². The third-order valence-corrected chi connectivity index (χ3v) is 1.15. The van der Waals surface area contributed by atoms with Gasteiger partial charge in [0.2, 0.25) is 0 Å². The predicted octanol–water partition coefficient (Wildman–Crippen LogP) is 1.74. The number of para-hydroxylation sites is 1. The van der Waals surface area contributed by atoms with E-state index >= 15 is 0 Å². The fourth-order valence-electron chi connectivity index (χ4n) is 0.760. The Hall–Kier alpha value is -0.162. The summed E-state index contributed by atoms with van der Waals surface area (Å²) in [7, 11) is 0. The molecule has 0 aliphatic carbocycles. The molecule has 0 spiro atoms. The van der Waals surface area contributed by atoms with Crippen molar-refractivity contribution in [2.45, 2.75) is 6.92 Å². The summed E-state index contributed by atoms with van der Waals surface area (Å²) in [5.74, 6) is 0. The Kier molecular flexibility index (Phi) is 5.52. The van der Waals surface area contributed by atoms with Crippen LogP contribution in [0.1, 0.15) is 6.92 Å². The van der Waals surface area contributed by atoms with Gasteiger partial charge in [0.25, 0.3) is 0 Å². The van der Waals surface area contributed by atoms with Crippen molar-refractivity contribution in [3.63, 3.8) is 0 Å². The molecule has 0 amide bonds. The maximum Gasteiger partial charge on any atom is 0.0340 e. The molecule has 1 rings (SSSR count). The molecule has 0 heterocycles. The molecule has 0 atom stereocenters. The van der Waals surface area contributed by atoms with E-state index in [9.17, 15) is 0 Å². The maximum atomic E-state index is 3.21. The van der Waals surface area contributed by atoms with Crippen LogP contribution in [0.5, 0.6) is 0 Å². The van der Waals surface area contributed by atoms with Crippen molar-refractivity contribution in [3.05, 3.63) is 30.3 Å². The van der Waals surface area contributed by atoms with Crippen molar-refractivity contribution in [3.8, 4) is 0 Å². The number of benzene rings is 1. The molecule has 0 saturated heterocycles. The number of rotatable bonds is 2. The van der Waals surface area contributed by atoms with Gasteiger partial charge >= 0.3 is 0 Å². The van der Waals surface area contributed by atoms with E-state index < -0.39 is 0 Å². The predicted molar refractivity (Wildman–Crippen MR) is 46.4 cm³/mol. The van der Waals surface area contributed by atoms with E-state index in [1.165, 1.54) is 5.69 Å². The molecule has 1 aromatic carbocycles. The average molecular weight is 243 g/mol. The number of hydrogen-bond donors (Lipinski definition) is 1. The first-order chi connectivity index (χ1) is 4.43. The van der Waals surface area contributed by atoms with Crippen molar-refractivity contribution in [2.24, 2.45) is 0 Å². The van der Waals surface area contributed by atoms with Crippen LogP contribution in [-0.2, 0) is 0 Å². The van der Waals surface area contributed by atoms with Gasteiger partial charge in [0.05, 0.1) is 0 Å². The van der Waals surface area contributed by atoms with E-state index in [0.29, 0.717) is 0 Å². The number of hydrogen-bond acceptors (Lipinski definition) is 1. The molecular weight excluding hydrogens is 232 g/mol. The SMILES string of the molecule is CCNc1ccccc1.[Sb]. The first-order valence-electron chi connectivity index (χ1n) is 3.22. The fraction of sp³-hybridized carbons (Fsp3) is 0.250. The van der Waals surface area contributed by atoms with Gasteiger partial charge in [-0.3, -0.25) is 0 Å². The van der Waals surface area contributed by atoms with Crippen LogP contribution in [0.3, 0.4) is 0 Å². The molecule has 0 fully saturated rings. The van der Waals surface area contributed by atoms with Gasteiger partial charge in [-0.05, 0) is 19.1 Å². The molecular formula is C8H11NSb.